The second-order valence-corrected chi connectivity index (χ2v) is 6.10. The molecule has 0 saturated carbocycles. The van der Waals surface area contributed by atoms with Crippen LogP contribution in [0.1, 0.15) is 54.9 Å². The van der Waals surface area contributed by atoms with Gasteiger partial charge in [0.2, 0.25) is 5.91 Å². The third-order valence-electron chi connectivity index (χ3n) is 4.55. The number of ketones is 1. The van der Waals surface area contributed by atoms with Crippen LogP contribution in [0.25, 0.3) is 0 Å². The predicted molar refractivity (Wildman–Crippen MR) is 90.8 cm³/mol. The summed E-state index contributed by atoms with van der Waals surface area (Å²) in [6.07, 6.45) is 3.64. The molecule has 0 aliphatic carbocycles. The first-order chi connectivity index (χ1) is 11.6. The normalized spacial score (nSPS) is 17.4. The maximum absolute atomic E-state index is 12.4. The Labute approximate surface area is 143 Å². The number of amides is 1. The van der Waals surface area contributed by atoms with Crippen molar-refractivity contribution >= 4 is 17.7 Å². The summed E-state index contributed by atoms with van der Waals surface area (Å²) >= 11 is 0. The molecular formula is C19H25NO4. The molecule has 1 aliphatic heterocycles. The Balaban J connectivity index is 1.93. The Hall–Kier alpha value is -2.17. The number of piperidine rings is 1. The SMILES string of the molecule is CCc1ccc(C(=O)CCC(=O)N2CCCCC2C(=O)OC)cc1. The van der Waals surface area contributed by atoms with Gasteiger partial charge in [-0.3, -0.25) is 9.59 Å². The van der Waals surface area contributed by atoms with E-state index in [4.69, 9.17) is 4.74 Å². The van der Waals surface area contributed by atoms with Crippen LogP contribution in [0, 0.1) is 0 Å². The van der Waals surface area contributed by atoms with Gasteiger partial charge >= 0.3 is 5.97 Å². The lowest BCUT2D eigenvalue weighted by molar-refractivity contribution is -0.154. The summed E-state index contributed by atoms with van der Waals surface area (Å²) in [7, 11) is 1.34. The zero-order valence-electron chi connectivity index (χ0n) is 14.4. The minimum atomic E-state index is -0.504. The van der Waals surface area contributed by atoms with Crippen LogP contribution in [0.5, 0.6) is 0 Å². The van der Waals surface area contributed by atoms with Crippen LogP contribution in [0.3, 0.4) is 0 Å². The molecule has 1 atom stereocenters. The van der Waals surface area contributed by atoms with Gasteiger partial charge in [0.05, 0.1) is 7.11 Å². The van der Waals surface area contributed by atoms with Crippen LogP contribution in [0.15, 0.2) is 24.3 Å². The highest BCUT2D eigenvalue weighted by molar-refractivity contribution is 5.98. The molecule has 1 fully saturated rings. The zero-order valence-corrected chi connectivity index (χ0v) is 14.4. The first-order valence-corrected chi connectivity index (χ1v) is 8.56. The summed E-state index contributed by atoms with van der Waals surface area (Å²) in [4.78, 5) is 38.1. The Morgan fingerprint density at radius 1 is 1.12 bits per heavy atom. The monoisotopic (exact) mass is 331 g/mol. The van der Waals surface area contributed by atoms with Crippen LogP contribution in [-0.4, -0.2) is 42.3 Å². The Bertz CT molecular complexity index is 594. The second kappa shape index (κ2) is 8.62. The van der Waals surface area contributed by atoms with Gasteiger partial charge in [0, 0.05) is 24.9 Å². The Kier molecular flexibility index (Phi) is 6.53. The first kappa shape index (κ1) is 18.2. The van der Waals surface area contributed by atoms with E-state index in [-0.39, 0.29) is 30.5 Å². The fourth-order valence-corrected chi connectivity index (χ4v) is 3.05. The van der Waals surface area contributed by atoms with Crippen molar-refractivity contribution < 1.29 is 19.1 Å². The fraction of sp³-hybridized carbons (Fsp3) is 0.526. The van der Waals surface area contributed by atoms with Gasteiger partial charge in [-0.25, -0.2) is 4.79 Å². The van der Waals surface area contributed by atoms with E-state index in [2.05, 4.69) is 6.92 Å². The molecular weight excluding hydrogens is 306 g/mol. The molecule has 2 rings (SSSR count). The molecule has 1 aliphatic rings. The number of nitrogens with zero attached hydrogens (tertiary/aromatic N) is 1. The number of benzene rings is 1. The summed E-state index contributed by atoms with van der Waals surface area (Å²) in [6, 6.07) is 6.99. The van der Waals surface area contributed by atoms with Gasteiger partial charge < -0.3 is 9.64 Å². The van der Waals surface area contributed by atoms with Gasteiger partial charge in [-0.05, 0) is 31.2 Å². The number of ether oxygens (including phenoxy) is 1. The van der Waals surface area contributed by atoms with Crippen molar-refractivity contribution in [3.8, 4) is 0 Å². The molecule has 24 heavy (non-hydrogen) atoms. The number of carbonyl (C=O) groups excluding carboxylic acids is 3. The molecule has 0 bridgehead atoms. The summed E-state index contributed by atoms with van der Waals surface area (Å²) in [5, 5.41) is 0. The van der Waals surface area contributed by atoms with Gasteiger partial charge in [0.1, 0.15) is 6.04 Å². The minimum Gasteiger partial charge on any atom is -0.467 e. The largest absolute Gasteiger partial charge is 0.467 e. The third-order valence-corrected chi connectivity index (χ3v) is 4.55. The van der Waals surface area contributed by atoms with Crippen molar-refractivity contribution in [1.82, 2.24) is 4.90 Å². The number of methoxy groups -OCH3 is 1. The van der Waals surface area contributed by atoms with Crippen molar-refractivity contribution in [2.24, 2.45) is 0 Å². The predicted octanol–water partition coefficient (Wildman–Crippen LogP) is 2.77. The molecule has 5 nitrogen and oxygen atoms in total. The molecule has 0 N–H and O–H groups in total. The van der Waals surface area contributed by atoms with E-state index in [1.807, 2.05) is 24.3 Å². The van der Waals surface area contributed by atoms with E-state index in [0.29, 0.717) is 18.5 Å². The van der Waals surface area contributed by atoms with Gasteiger partial charge in [-0.15, -0.1) is 0 Å². The zero-order chi connectivity index (χ0) is 17.5. The number of likely N-dealkylation sites (tertiary alicyclic amines) is 1. The van der Waals surface area contributed by atoms with Gasteiger partial charge in [-0.1, -0.05) is 31.2 Å². The number of Topliss-reactive ketones (excluding diaryl/α,β-unsaturated/α-hetero) is 1. The Morgan fingerprint density at radius 3 is 2.46 bits per heavy atom. The molecule has 0 aromatic heterocycles. The van der Waals surface area contributed by atoms with E-state index in [0.717, 1.165) is 19.3 Å². The lowest BCUT2D eigenvalue weighted by atomic mass is 10.00. The number of rotatable bonds is 6. The fourth-order valence-electron chi connectivity index (χ4n) is 3.05. The van der Waals surface area contributed by atoms with Gasteiger partial charge in [-0.2, -0.15) is 0 Å². The highest BCUT2D eigenvalue weighted by Gasteiger charge is 2.32. The van der Waals surface area contributed by atoms with E-state index >= 15 is 0 Å². The molecule has 130 valence electrons. The topological polar surface area (TPSA) is 63.7 Å². The molecule has 1 heterocycles. The second-order valence-electron chi connectivity index (χ2n) is 6.10. The number of hydrogen-bond donors (Lipinski definition) is 0. The summed E-state index contributed by atoms with van der Waals surface area (Å²) in [6.45, 7) is 2.61. The van der Waals surface area contributed by atoms with Crippen molar-refractivity contribution in [2.75, 3.05) is 13.7 Å². The van der Waals surface area contributed by atoms with Crippen molar-refractivity contribution in [1.29, 1.82) is 0 Å². The van der Waals surface area contributed by atoms with Crippen LogP contribution < -0.4 is 0 Å². The molecule has 0 spiro atoms. The van der Waals surface area contributed by atoms with Crippen molar-refractivity contribution in [3.05, 3.63) is 35.4 Å². The number of aryl methyl sites for hydroxylation is 1. The van der Waals surface area contributed by atoms with Crippen LogP contribution in [0.2, 0.25) is 0 Å². The average Bonchev–Trinajstić information content (AvgIpc) is 2.65. The number of esters is 1. The van der Waals surface area contributed by atoms with E-state index in [1.54, 1.807) is 4.90 Å². The third kappa shape index (κ3) is 4.43. The van der Waals surface area contributed by atoms with Crippen molar-refractivity contribution in [2.45, 2.75) is 51.5 Å². The van der Waals surface area contributed by atoms with Crippen molar-refractivity contribution in [3.63, 3.8) is 0 Å². The average molecular weight is 331 g/mol. The van der Waals surface area contributed by atoms with E-state index < -0.39 is 6.04 Å². The Morgan fingerprint density at radius 2 is 1.83 bits per heavy atom. The number of hydrogen-bond acceptors (Lipinski definition) is 4. The highest BCUT2D eigenvalue weighted by Crippen LogP contribution is 2.20. The molecule has 1 amide bonds. The van der Waals surface area contributed by atoms with Crippen LogP contribution >= 0.6 is 0 Å². The smallest absolute Gasteiger partial charge is 0.328 e. The lowest BCUT2D eigenvalue weighted by Crippen LogP contribution is -2.48. The first-order valence-electron chi connectivity index (χ1n) is 8.56. The quantitative estimate of drug-likeness (QED) is 0.594. The van der Waals surface area contributed by atoms with Crippen LogP contribution in [-0.2, 0) is 20.7 Å². The van der Waals surface area contributed by atoms with Crippen LogP contribution in [0.4, 0.5) is 0 Å². The molecule has 1 aromatic carbocycles. The van der Waals surface area contributed by atoms with Gasteiger partial charge in [0.25, 0.3) is 0 Å². The lowest BCUT2D eigenvalue weighted by Gasteiger charge is -2.33. The summed E-state index contributed by atoms with van der Waals surface area (Å²) in [5.74, 6) is -0.564. The molecule has 0 radical (unpaired) electrons. The van der Waals surface area contributed by atoms with E-state index in [9.17, 15) is 14.4 Å². The van der Waals surface area contributed by atoms with E-state index in [1.165, 1.54) is 12.7 Å². The molecule has 1 unspecified atom stereocenters. The molecule has 1 aromatic rings. The van der Waals surface area contributed by atoms with Gasteiger partial charge in [0.15, 0.2) is 5.78 Å². The minimum absolute atomic E-state index is 0.0439. The molecule has 5 heteroatoms. The summed E-state index contributed by atoms with van der Waals surface area (Å²) < 4.78 is 4.79. The highest BCUT2D eigenvalue weighted by atomic mass is 16.5. The maximum Gasteiger partial charge on any atom is 0.328 e. The number of carbonyl (C=O) groups is 3. The maximum atomic E-state index is 12.4. The summed E-state index contributed by atoms with van der Waals surface area (Å²) in [5.41, 5.74) is 1.81. The molecule has 1 saturated heterocycles. The standard InChI is InChI=1S/C19H25NO4/c1-3-14-7-9-15(10-8-14)17(21)11-12-18(22)20-13-5-4-6-16(20)19(23)24-2/h7-10,16H,3-6,11-13H2,1-2H3.